The largest absolute Gasteiger partial charge is 0.491 e. The fourth-order valence-electron chi connectivity index (χ4n) is 3.14. The van der Waals surface area contributed by atoms with Gasteiger partial charge in [0.05, 0.1) is 27.7 Å². The van der Waals surface area contributed by atoms with E-state index in [-0.39, 0.29) is 28.3 Å². The predicted molar refractivity (Wildman–Crippen MR) is 119 cm³/mol. The SMILES string of the molecule is CC(C)Oc1ccc(S(=O)(=O)c2ccc(CNC(=O)c3cnc4[nH]ncc4c3)cc2)cc1. The second-order valence-electron chi connectivity index (χ2n) is 7.50. The first-order chi connectivity index (χ1) is 15.3. The van der Waals surface area contributed by atoms with Crippen LogP contribution in [0.3, 0.4) is 0 Å². The highest BCUT2D eigenvalue weighted by molar-refractivity contribution is 7.91. The van der Waals surface area contributed by atoms with Gasteiger partial charge in [0.15, 0.2) is 5.65 Å². The van der Waals surface area contributed by atoms with Crippen molar-refractivity contribution in [2.24, 2.45) is 0 Å². The Labute approximate surface area is 185 Å². The van der Waals surface area contributed by atoms with Gasteiger partial charge >= 0.3 is 0 Å². The Kier molecular flexibility index (Phi) is 5.91. The number of aromatic nitrogens is 3. The number of nitrogens with zero attached hydrogens (tertiary/aromatic N) is 2. The van der Waals surface area contributed by atoms with Gasteiger partial charge in [-0.1, -0.05) is 12.1 Å². The maximum Gasteiger partial charge on any atom is 0.253 e. The zero-order valence-corrected chi connectivity index (χ0v) is 18.4. The van der Waals surface area contributed by atoms with E-state index in [4.69, 9.17) is 4.74 Å². The third-order valence-corrected chi connectivity index (χ3v) is 6.53. The van der Waals surface area contributed by atoms with Gasteiger partial charge in [-0.3, -0.25) is 9.89 Å². The standard InChI is InChI=1S/C23H22N4O4S/c1-15(2)31-19-5-9-21(10-6-19)32(29,30)20-7-3-16(4-8-20)12-25-23(28)18-11-17-14-26-27-22(17)24-13-18/h3-11,13-15H,12H2,1-2H3,(H,25,28)(H,24,26,27). The van der Waals surface area contributed by atoms with Crippen molar-refractivity contribution in [1.29, 1.82) is 0 Å². The van der Waals surface area contributed by atoms with Gasteiger partial charge in [-0.2, -0.15) is 5.10 Å². The minimum absolute atomic E-state index is 0.00954. The summed E-state index contributed by atoms with van der Waals surface area (Å²) in [6.45, 7) is 4.07. The maximum atomic E-state index is 12.9. The summed E-state index contributed by atoms with van der Waals surface area (Å²) in [5, 5.41) is 10.2. The number of carbonyl (C=O) groups excluding carboxylic acids is 1. The quantitative estimate of drug-likeness (QED) is 0.445. The van der Waals surface area contributed by atoms with Crippen LogP contribution in [0.15, 0.2) is 76.8 Å². The summed E-state index contributed by atoms with van der Waals surface area (Å²) in [4.78, 5) is 16.9. The van der Waals surface area contributed by atoms with Crippen LogP contribution in [-0.2, 0) is 16.4 Å². The molecule has 0 saturated carbocycles. The molecule has 0 fully saturated rings. The summed E-state index contributed by atoms with van der Waals surface area (Å²) in [5.74, 6) is 0.341. The number of aromatic amines is 1. The van der Waals surface area contributed by atoms with Gasteiger partial charge in [-0.25, -0.2) is 13.4 Å². The molecule has 164 valence electrons. The average Bonchev–Trinajstić information content (AvgIpc) is 3.25. The predicted octanol–water partition coefficient (Wildman–Crippen LogP) is 3.51. The van der Waals surface area contributed by atoms with Gasteiger partial charge in [0, 0.05) is 18.1 Å². The van der Waals surface area contributed by atoms with Crippen molar-refractivity contribution in [3.05, 3.63) is 78.1 Å². The number of pyridine rings is 1. The lowest BCUT2D eigenvalue weighted by atomic mass is 10.2. The van der Waals surface area contributed by atoms with Crippen molar-refractivity contribution in [2.75, 3.05) is 0 Å². The number of rotatable bonds is 7. The molecule has 0 unspecified atom stereocenters. The number of hydrogen-bond acceptors (Lipinski definition) is 6. The lowest BCUT2D eigenvalue weighted by Crippen LogP contribution is -2.22. The third-order valence-electron chi connectivity index (χ3n) is 4.75. The lowest BCUT2D eigenvalue weighted by molar-refractivity contribution is 0.0950. The molecule has 32 heavy (non-hydrogen) atoms. The summed E-state index contributed by atoms with van der Waals surface area (Å²) in [7, 11) is -3.65. The number of fused-ring (bicyclic) bond motifs is 1. The summed E-state index contributed by atoms with van der Waals surface area (Å²) >= 11 is 0. The van der Waals surface area contributed by atoms with E-state index in [1.54, 1.807) is 36.5 Å². The molecule has 2 aromatic carbocycles. The number of hydrogen-bond donors (Lipinski definition) is 2. The molecule has 0 aliphatic carbocycles. The van der Waals surface area contributed by atoms with Gasteiger partial charge < -0.3 is 10.1 Å². The fraction of sp³-hybridized carbons (Fsp3) is 0.174. The fourth-order valence-corrected chi connectivity index (χ4v) is 4.40. The molecule has 2 heterocycles. The van der Waals surface area contributed by atoms with Crippen molar-refractivity contribution >= 4 is 26.8 Å². The first kappa shape index (κ1) is 21.5. The molecule has 8 nitrogen and oxygen atoms in total. The molecule has 2 aromatic heterocycles. The highest BCUT2D eigenvalue weighted by Gasteiger charge is 2.18. The lowest BCUT2D eigenvalue weighted by Gasteiger charge is -2.11. The molecule has 1 amide bonds. The van der Waals surface area contributed by atoms with Crippen LogP contribution in [-0.4, -0.2) is 35.6 Å². The Hall–Kier alpha value is -3.72. The molecule has 4 aromatic rings. The van der Waals surface area contributed by atoms with Crippen molar-refractivity contribution in [3.63, 3.8) is 0 Å². The van der Waals surface area contributed by atoms with Crippen LogP contribution >= 0.6 is 0 Å². The molecule has 0 saturated heterocycles. The average molecular weight is 451 g/mol. The van der Waals surface area contributed by atoms with Gasteiger partial charge in [0.1, 0.15) is 5.75 Å². The van der Waals surface area contributed by atoms with Crippen molar-refractivity contribution < 1.29 is 17.9 Å². The number of ether oxygens (including phenoxy) is 1. The molecule has 0 radical (unpaired) electrons. The molecule has 0 spiro atoms. The Morgan fingerprint density at radius 1 is 1.03 bits per heavy atom. The van der Waals surface area contributed by atoms with E-state index in [9.17, 15) is 13.2 Å². The Balaban J connectivity index is 1.42. The second kappa shape index (κ2) is 8.80. The molecule has 0 aliphatic heterocycles. The maximum absolute atomic E-state index is 12.9. The van der Waals surface area contributed by atoms with Crippen LogP contribution < -0.4 is 10.1 Å². The van der Waals surface area contributed by atoms with E-state index in [0.29, 0.717) is 17.0 Å². The zero-order valence-electron chi connectivity index (χ0n) is 17.6. The van der Waals surface area contributed by atoms with E-state index in [1.807, 2.05) is 13.8 Å². The van der Waals surface area contributed by atoms with Gasteiger partial charge in [0.25, 0.3) is 5.91 Å². The van der Waals surface area contributed by atoms with Gasteiger partial charge in [0.2, 0.25) is 9.84 Å². The number of carbonyl (C=O) groups is 1. The van der Waals surface area contributed by atoms with Gasteiger partial charge in [-0.15, -0.1) is 0 Å². The van der Waals surface area contributed by atoms with Crippen molar-refractivity contribution in [1.82, 2.24) is 20.5 Å². The van der Waals surface area contributed by atoms with Crippen LogP contribution in [0.25, 0.3) is 11.0 Å². The van der Waals surface area contributed by atoms with E-state index < -0.39 is 9.84 Å². The zero-order chi connectivity index (χ0) is 22.7. The topological polar surface area (TPSA) is 114 Å². The van der Waals surface area contributed by atoms with Crippen molar-refractivity contribution in [3.8, 4) is 5.75 Å². The first-order valence-corrected chi connectivity index (χ1v) is 11.5. The minimum Gasteiger partial charge on any atom is -0.491 e. The molecule has 4 rings (SSSR count). The van der Waals surface area contributed by atoms with E-state index in [0.717, 1.165) is 10.9 Å². The first-order valence-electron chi connectivity index (χ1n) is 10.0. The van der Waals surface area contributed by atoms with Crippen LogP contribution in [0.2, 0.25) is 0 Å². The van der Waals surface area contributed by atoms with Gasteiger partial charge in [-0.05, 0) is 61.9 Å². The summed E-state index contributed by atoms with van der Waals surface area (Å²) in [5.41, 5.74) is 1.80. The number of nitrogens with one attached hydrogen (secondary N) is 2. The highest BCUT2D eigenvalue weighted by Crippen LogP contribution is 2.24. The smallest absolute Gasteiger partial charge is 0.253 e. The minimum atomic E-state index is -3.65. The highest BCUT2D eigenvalue weighted by atomic mass is 32.2. The van der Waals surface area contributed by atoms with E-state index in [1.165, 1.54) is 30.5 Å². The summed E-state index contributed by atoms with van der Waals surface area (Å²) in [6.07, 6.45) is 3.09. The molecule has 9 heteroatoms. The third kappa shape index (κ3) is 4.62. The molecule has 0 atom stereocenters. The van der Waals surface area contributed by atoms with Crippen LogP contribution in [0.4, 0.5) is 0 Å². The number of benzene rings is 2. The Morgan fingerprint density at radius 3 is 2.34 bits per heavy atom. The summed E-state index contributed by atoms with van der Waals surface area (Å²) < 4.78 is 31.3. The molecular formula is C23H22N4O4S. The Morgan fingerprint density at radius 2 is 1.69 bits per heavy atom. The summed E-state index contributed by atoms with van der Waals surface area (Å²) in [6, 6.07) is 14.5. The monoisotopic (exact) mass is 450 g/mol. The number of sulfone groups is 1. The molecule has 0 aliphatic rings. The van der Waals surface area contributed by atoms with Crippen LogP contribution in [0.1, 0.15) is 29.8 Å². The van der Waals surface area contributed by atoms with Crippen LogP contribution in [0.5, 0.6) is 5.75 Å². The normalized spacial score (nSPS) is 11.6. The number of H-pyrrole nitrogens is 1. The van der Waals surface area contributed by atoms with E-state index >= 15 is 0 Å². The van der Waals surface area contributed by atoms with Crippen LogP contribution in [0, 0.1) is 0 Å². The van der Waals surface area contributed by atoms with Crippen molar-refractivity contribution in [2.45, 2.75) is 36.3 Å². The van der Waals surface area contributed by atoms with E-state index in [2.05, 4.69) is 20.5 Å². The molecule has 0 bridgehead atoms. The number of amides is 1. The Bertz CT molecular complexity index is 1350. The molecular weight excluding hydrogens is 428 g/mol. The second-order valence-corrected chi connectivity index (χ2v) is 9.45. The molecule has 2 N–H and O–H groups in total.